The molecule has 0 saturated heterocycles. The van der Waals surface area contributed by atoms with Crippen molar-refractivity contribution in [3.05, 3.63) is 23.7 Å². The summed E-state index contributed by atoms with van der Waals surface area (Å²) >= 11 is 0. The lowest BCUT2D eigenvalue weighted by Gasteiger charge is -2.16. The third-order valence-corrected chi connectivity index (χ3v) is 2.49. The fraction of sp³-hybridized carbons (Fsp3) is 0.583. The predicted octanol–water partition coefficient (Wildman–Crippen LogP) is 1.65. The Morgan fingerprint density at radius 3 is 2.75 bits per heavy atom. The summed E-state index contributed by atoms with van der Waals surface area (Å²) in [6.07, 6.45) is 1.60. The maximum absolute atomic E-state index is 11.9. The first-order valence-corrected chi connectivity index (χ1v) is 5.64. The lowest BCUT2D eigenvalue weighted by molar-refractivity contribution is 0.0758. The van der Waals surface area contributed by atoms with E-state index in [1.54, 1.807) is 18.0 Å². The summed E-state index contributed by atoms with van der Waals surface area (Å²) in [6.45, 7) is 4.58. The first kappa shape index (κ1) is 12.8. The topological polar surface area (TPSA) is 59.5 Å². The first-order valence-electron chi connectivity index (χ1n) is 5.64. The summed E-state index contributed by atoms with van der Waals surface area (Å²) < 4.78 is 5.40. The van der Waals surface area contributed by atoms with Gasteiger partial charge in [0.25, 0.3) is 5.91 Å². The third-order valence-electron chi connectivity index (χ3n) is 2.49. The number of aryl methyl sites for hydroxylation is 1. The number of carbonyl (C=O) groups is 1. The van der Waals surface area contributed by atoms with Crippen molar-refractivity contribution in [1.82, 2.24) is 4.90 Å². The van der Waals surface area contributed by atoms with Crippen LogP contribution < -0.4 is 5.73 Å². The minimum Gasteiger partial charge on any atom is -0.456 e. The molecule has 0 bridgehead atoms. The second-order valence-corrected chi connectivity index (χ2v) is 4.11. The van der Waals surface area contributed by atoms with Gasteiger partial charge >= 0.3 is 0 Å². The molecule has 0 aliphatic heterocycles. The lowest BCUT2D eigenvalue weighted by Crippen LogP contribution is -2.31. The molecule has 0 aromatic carbocycles. The van der Waals surface area contributed by atoms with Gasteiger partial charge in [0.05, 0.1) is 0 Å². The fourth-order valence-electron chi connectivity index (χ4n) is 1.37. The fourth-order valence-corrected chi connectivity index (χ4v) is 1.37. The molecule has 90 valence electrons. The summed E-state index contributed by atoms with van der Waals surface area (Å²) in [5.74, 6) is 1.16. The van der Waals surface area contributed by atoms with Crippen LogP contribution in [0.2, 0.25) is 0 Å². The van der Waals surface area contributed by atoms with Crippen LogP contribution in [0.4, 0.5) is 0 Å². The van der Waals surface area contributed by atoms with Crippen LogP contribution in [-0.2, 0) is 6.42 Å². The van der Waals surface area contributed by atoms with Gasteiger partial charge in [0.1, 0.15) is 5.76 Å². The van der Waals surface area contributed by atoms with E-state index in [9.17, 15) is 4.79 Å². The molecule has 2 N–H and O–H groups in total. The van der Waals surface area contributed by atoms with E-state index in [1.807, 2.05) is 19.9 Å². The van der Waals surface area contributed by atoms with Crippen molar-refractivity contribution in [2.45, 2.75) is 32.7 Å². The Morgan fingerprint density at radius 1 is 1.56 bits per heavy atom. The van der Waals surface area contributed by atoms with Crippen molar-refractivity contribution < 1.29 is 9.21 Å². The Labute approximate surface area is 96.4 Å². The molecule has 0 radical (unpaired) electrons. The molecule has 1 amide bonds. The average molecular weight is 224 g/mol. The lowest BCUT2D eigenvalue weighted by atomic mass is 10.2. The van der Waals surface area contributed by atoms with Crippen molar-refractivity contribution in [2.24, 2.45) is 5.73 Å². The highest BCUT2D eigenvalue weighted by atomic mass is 16.4. The third kappa shape index (κ3) is 3.38. The number of nitrogens with two attached hydrogens (primary N) is 1. The molecule has 1 heterocycles. The number of rotatable bonds is 5. The zero-order chi connectivity index (χ0) is 12.1. The molecule has 1 unspecified atom stereocenters. The summed E-state index contributed by atoms with van der Waals surface area (Å²) in [6, 6.07) is 3.67. The first-order chi connectivity index (χ1) is 7.54. The van der Waals surface area contributed by atoms with Gasteiger partial charge in [0.15, 0.2) is 5.76 Å². The zero-order valence-electron chi connectivity index (χ0n) is 10.2. The number of hydrogen-bond acceptors (Lipinski definition) is 3. The Kier molecular flexibility index (Phi) is 4.55. The van der Waals surface area contributed by atoms with Gasteiger partial charge in [0.2, 0.25) is 0 Å². The van der Waals surface area contributed by atoms with Crippen LogP contribution in [0, 0.1) is 0 Å². The van der Waals surface area contributed by atoms with E-state index in [2.05, 4.69) is 0 Å². The van der Waals surface area contributed by atoms with Crippen LogP contribution in [0.25, 0.3) is 0 Å². The van der Waals surface area contributed by atoms with Crippen LogP contribution in [0.5, 0.6) is 0 Å². The summed E-state index contributed by atoms with van der Waals surface area (Å²) in [7, 11) is 1.76. The molecule has 1 rings (SSSR count). The molecule has 4 nitrogen and oxygen atoms in total. The highest BCUT2D eigenvalue weighted by Gasteiger charge is 2.15. The summed E-state index contributed by atoms with van der Waals surface area (Å²) in [5, 5.41) is 0. The van der Waals surface area contributed by atoms with Crippen LogP contribution in [0.1, 0.15) is 36.6 Å². The normalized spacial score (nSPS) is 12.5. The van der Waals surface area contributed by atoms with E-state index in [4.69, 9.17) is 10.2 Å². The van der Waals surface area contributed by atoms with Crippen molar-refractivity contribution in [2.75, 3.05) is 13.6 Å². The van der Waals surface area contributed by atoms with Crippen LogP contribution in [0.3, 0.4) is 0 Å². The van der Waals surface area contributed by atoms with Crippen LogP contribution in [-0.4, -0.2) is 30.4 Å². The maximum atomic E-state index is 11.9. The van der Waals surface area contributed by atoms with Gasteiger partial charge in [-0.25, -0.2) is 0 Å². The van der Waals surface area contributed by atoms with Crippen molar-refractivity contribution in [1.29, 1.82) is 0 Å². The van der Waals surface area contributed by atoms with Gasteiger partial charge in [-0.2, -0.15) is 0 Å². The minimum atomic E-state index is -0.0830. The molecule has 0 fully saturated rings. The van der Waals surface area contributed by atoms with E-state index < -0.39 is 0 Å². The minimum absolute atomic E-state index is 0.0830. The number of carbonyl (C=O) groups excluding carboxylic acids is 1. The Morgan fingerprint density at radius 2 is 2.25 bits per heavy atom. The largest absolute Gasteiger partial charge is 0.456 e. The second kappa shape index (κ2) is 5.70. The quantitative estimate of drug-likeness (QED) is 0.827. The smallest absolute Gasteiger partial charge is 0.289 e. The number of hydrogen-bond donors (Lipinski definition) is 1. The molecule has 0 saturated carbocycles. The number of furan rings is 1. The van der Waals surface area contributed by atoms with Crippen LogP contribution in [0.15, 0.2) is 16.5 Å². The average Bonchev–Trinajstić information content (AvgIpc) is 2.73. The van der Waals surface area contributed by atoms with Gasteiger partial charge in [-0.3, -0.25) is 4.79 Å². The van der Waals surface area contributed by atoms with Gasteiger partial charge < -0.3 is 15.1 Å². The van der Waals surface area contributed by atoms with Gasteiger partial charge in [-0.05, 0) is 25.5 Å². The van der Waals surface area contributed by atoms with Gasteiger partial charge in [0, 0.05) is 26.1 Å². The predicted molar refractivity (Wildman–Crippen MR) is 63.3 cm³/mol. The zero-order valence-corrected chi connectivity index (χ0v) is 10.2. The van der Waals surface area contributed by atoms with Crippen LogP contribution >= 0.6 is 0 Å². The van der Waals surface area contributed by atoms with E-state index in [0.717, 1.165) is 18.6 Å². The summed E-state index contributed by atoms with van der Waals surface area (Å²) in [5.41, 5.74) is 5.64. The molecule has 0 aliphatic carbocycles. The summed E-state index contributed by atoms with van der Waals surface area (Å²) in [4.78, 5) is 13.5. The molecule has 16 heavy (non-hydrogen) atoms. The van der Waals surface area contributed by atoms with Gasteiger partial charge in [-0.1, -0.05) is 6.92 Å². The van der Waals surface area contributed by atoms with Crippen molar-refractivity contribution in [3.63, 3.8) is 0 Å². The Bertz CT molecular complexity index is 345. The maximum Gasteiger partial charge on any atom is 0.289 e. The molecule has 1 aromatic heterocycles. The molecule has 4 heteroatoms. The van der Waals surface area contributed by atoms with Crippen molar-refractivity contribution in [3.8, 4) is 0 Å². The van der Waals surface area contributed by atoms with Gasteiger partial charge in [-0.15, -0.1) is 0 Å². The molecule has 1 atom stereocenters. The highest BCUT2D eigenvalue weighted by molar-refractivity contribution is 5.91. The monoisotopic (exact) mass is 224 g/mol. The van der Waals surface area contributed by atoms with Crippen molar-refractivity contribution >= 4 is 5.91 Å². The Hall–Kier alpha value is -1.29. The molecule has 0 spiro atoms. The van der Waals surface area contributed by atoms with E-state index >= 15 is 0 Å². The SMILES string of the molecule is CCc1ccc(C(=O)N(C)CCC(C)N)o1. The number of nitrogens with zero attached hydrogens (tertiary/aromatic N) is 1. The highest BCUT2D eigenvalue weighted by Crippen LogP contribution is 2.10. The molecule has 0 aliphatic rings. The molecular formula is C12H20N2O2. The second-order valence-electron chi connectivity index (χ2n) is 4.11. The Balaban J connectivity index is 2.56. The molecular weight excluding hydrogens is 204 g/mol. The molecule has 1 aromatic rings. The van der Waals surface area contributed by atoms with E-state index in [1.165, 1.54) is 0 Å². The standard InChI is InChI=1S/C12H20N2O2/c1-4-10-5-6-11(16-10)12(15)14(3)8-7-9(2)13/h5-6,9H,4,7-8,13H2,1-3H3. The number of amides is 1. The van der Waals surface area contributed by atoms with E-state index in [-0.39, 0.29) is 11.9 Å². The van der Waals surface area contributed by atoms with E-state index in [0.29, 0.717) is 12.3 Å².